The number of hydrogen-bond donors (Lipinski definition) is 0. The minimum Gasteiger partial charge on any atom is -0.300 e. The Hall–Kier alpha value is -1.71. The molecule has 0 aromatic heterocycles. The van der Waals surface area contributed by atoms with Gasteiger partial charge in [-0.25, -0.2) is 8.78 Å². The van der Waals surface area contributed by atoms with E-state index in [0.29, 0.717) is 16.8 Å². The van der Waals surface area contributed by atoms with Gasteiger partial charge in [0.2, 0.25) is 0 Å². The molecule has 0 saturated carbocycles. The second-order valence-electron chi connectivity index (χ2n) is 3.98. The first-order chi connectivity index (χ1) is 8.07. The maximum absolute atomic E-state index is 12.9. The Kier molecular flexibility index (Phi) is 2.96. The molecule has 2 rings (SSSR count). The van der Waals surface area contributed by atoms with Gasteiger partial charge in [0.05, 0.1) is 6.04 Å². The number of hydrogen-bond acceptors (Lipinski definition) is 1. The molecule has 1 amide bonds. The molecule has 0 saturated heterocycles. The van der Waals surface area contributed by atoms with Crippen LogP contribution in [0.25, 0.3) is 5.70 Å². The number of halogens is 2. The molecule has 1 heterocycles. The highest BCUT2D eigenvalue weighted by Crippen LogP contribution is 2.35. The molecule has 90 valence electrons. The van der Waals surface area contributed by atoms with Gasteiger partial charge in [-0.3, -0.25) is 9.69 Å². The summed E-state index contributed by atoms with van der Waals surface area (Å²) in [7, 11) is 0. The van der Waals surface area contributed by atoms with E-state index >= 15 is 0 Å². The van der Waals surface area contributed by atoms with Crippen LogP contribution in [0.2, 0.25) is 0 Å². The van der Waals surface area contributed by atoms with E-state index in [-0.39, 0.29) is 12.3 Å². The SMILES string of the molecule is C=C1c2ccccc2C(=O)N1[C@@H](CC)C(F)F. The first-order valence-electron chi connectivity index (χ1n) is 5.48. The zero-order valence-corrected chi connectivity index (χ0v) is 9.49. The van der Waals surface area contributed by atoms with Crippen molar-refractivity contribution in [1.82, 2.24) is 4.90 Å². The van der Waals surface area contributed by atoms with Crippen LogP contribution in [0.3, 0.4) is 0 Å². The molecule has 1 aromatic carbocycles. The molecule has 0 fully saturated rings. The lowest BCUT2D eigenvalue weighted by molar-refractivity contribution is 0.0413. The summed E-state index contributed by atoms with van der Waals surface area (Å²) in [5.74, 6) is -0.377. The molecule has 1 aromatic rings. The standard InChI is InChI=1S/C13H13F2NO/c1-3-11(12(14)15)16-8(2)9-6-4-5-7-10(9)13(16)17/h4-7,11-12H,2-3H2,1H3/t11-/m0/s1. The van der Waals surface area contributed by atoms with E-state index in [1.165, 1.54) is 0 Å². The van der Waals surface area contributed by atoms with Crippen molar-refractivity contribution in [3.05, 3.63) is 42.0 Å². The Morgan fingerprint density at radius 2 is 1.88 bits per heavy atom. The van der Waals surface area contributed by atoms with E-state index < -0.39 is 12.5 Å². The Morgan fingerprint density at radius 3 is 2.35 bits per heavy atom. The summed E-state index contributed by atoms with van der Waals surface area (Å²) in [6.07, 6.45) is -2.36. The Bertz CT molecular complexity index is 435. The number of amides is 1. The lowest BCUT2D eigenvalue weighted by Crippen LogP contribution is -2.39. The number of carbonyl (C=O) groups is 1. The molecule has 0 N–H and O–H groups in total. The van der Waals surface area contributed by atoms with Crippen molar-refractivity contribution < 1.29 is 13.6 Å². The normalized spacial score (nSPS) is 16.6. The van der Waals surface area contributed by atoms with Crippen LogP contribution >= 0.6 is 0 Å². The number of fused-ring (bicyclic) bond motifs is 1. The van der Waals surface area contributed by atoms with Gasteiger partial charge in [0.25, 0.3) is 12.3 Å². The summed E-state index contributed by atoms with van der Waals surface area (Å²) in [6.45, 7) is 5.39. The van der Waals surface area contributed by atoms with Gasteiger partial charge in [-0.1, -0.05) is 31.7 Å². The minimum absolute atomic E-state index is 0.205. The van der Waals surface area contributed by atoms with E-state index in [9.17, 15) is 13.6 Å². The van der Waals surface area contributed by atoms with Gasteiger partial charge < -0.3 is 0 Å². The van der Waals surface area contributed by atoms with Crippen molar-refractivity contribution in [1.29, 1.82) is 0 Å². The third kappa shape index (κ3) is 1.73. The topological polar surface area (TPSA) is 20.3 Å². The largest absolute Gasteiger partial charge is 0.300 e. The van der Waals surface area contributed by atoms with Crippen LogP contribution in [0.15, 0.2) is 30.8 Å². The van der Waals surface area contributed by atoms with Gasteiger partial charge in [0.1, 0.15) is 0 Å². The fraction of sp³-hybridized carbons (Fsp3) is 0.308. The number of rotatable bonds is 3. The molecule has 4 heteroatoms. The monoisotopic (exact) mass is 237 g/mol. The molecule has 0 bridgehead atoms. The number of benzene rings is 1. The summed E-state index contributed by atoms with van der Waals surface area (Å²) in [5.41, 5.74) is 1.48. The zero-order valence-electron chi connectivity index (χ0n) is 9.49. The predicted octanol–water partition coefficient (Wildman–Crippen LogP) is 3.16. The molecule has 17 heavy (non-hydrogen) atoms. The van der Waals surface area contributed by atoms with Crippen LogP contribution in [0.5, 0.6) is 0 Å². The van der Waals surface area contributed by atoms with Crippen molar-refractivity contribution in [2.24, 2.45) is 0 Å². The number of nitrogens with zero attached hydrogens (tertiary/aromatic N) is 1. The van der Waals surface area contributed by atoms with E-state index in [1.54, 1.807) is 31.2 Å². The van der Waals surface area contributed by atoms with Crippen molar-refractivity contribution in [2.75, 3.05) is 0 Å². The second kappa shape index (κ2) is 4.28. The van der Waals surface area contributed by atoms with Crippen LogP contribution in [0.1, 0.15) is 29.3 Å². The van der Waals surface area contributed by atoms with E-state index in [0.717, 1.165) is 4.90 Å². The van der Waals surface area contributed by atoms with Crippen molar-refractivity contribution in [3.63, 3.8) is 0 Å². The van der Waals surface area contributed by atoms with Crippen LogP contribution < -0.4 is 0 Å². The number of carbonyl (C=O) groups excluding carboxylic acids is 1. The zero-order chi connectivity index (χ0) is 12.6. The van der Waals surface area contributed by atoms with Gasteiger partial charge in [-0.2, -0.15) is 0 Å². The Morgan fingerprint density at radius 1 is 1.29 bits per heavy atom. The van der Waals surface area contributed by atoms with Gasteiger partial charge in [-0.15, -0.1) is 0 Å². The molecule has 1 aliphatic rings. The van der Waals surface area contributed by atoms with Crippen molar-refractivity contribution >= 4 is 11.6 Å². The first kappa shape index (κ1) is 11.8. The van der Waals surface area contributed by atoms with Crippen molar-refractivity contribution in [3.8, 4) is 0 Å². The molecule has 0 spiro atoms. The third-order valence-corrected chi connectivity index (χ3v) is 3.02. The average Bonchev–Trinajstić information content (AvgIpc) is 2.56. The van der Waals surface area contributed by atoms with Gasteiger partial charge in [-0.05, 0) is 12.5 Å². The lowest BCUT2D eigenvalue weighted by Gasteiger charge is -2.27. The molecule has 1 atom stereocenters. The summed E-state index contributed by atoms with van der Waals surface area (Å²) >= 11 is 0. The summed E-state index contributed by atoms with van der Waals surface area (Å²) in [5, 5.41) is 0. The summed E-state index contributed by atoms with van der Waals surface area (Å²) < 4.78 is 25.8. The Balaban J connectivity index is 2.42. The van der Waals surface area contributed by atoms with Crippen molar-refractivity contribution in [2.45, 2.75) is 25.8 Å². The molecule has 2 nitrogen and oxygen atoms in total. The molecule has 0 radical (unpaired) electrons. The van der Waals surface area contributed by atoms with Crippen LogP contribution in [0.4, 0.5) is 8.78 Å². The molecule has 1 aliphatic heterocycles. The van der Waals surface area contributed by atoms with E-state index in [2.05, 4.69) is 6.58 Å². The Labute approximate surface area is 98.5 Å². The van der Waals surface area contributed by atoms with Crippen LogP contribution in [-0.4, -0.2) is 23.3 Å². The highest BCUT2D eigenvalue weighted by Gasteiger charge is 2.38. The van der Waals surface area contributed by atoms with Gasteiger partial charge >= 0.3 is 0 Å². The fourth-order valence-corrected chi connectivity index (χ4v) is 2.13. The fourth-order valence-electron chi connectivity index (χ4n) is 2.13. The molecular weight excluding hydrogens is 224 g/mol. The maximum Gasteiger partial charge on any atom is 0.259 e. The summed E-state index contributed by atoms with van der Waals surface area (Å²) in [6, 6.07) is 5.76. The molecule has 0 unspecified atom stereocenters. The average molecular weight is 237 g/mol. The molecular formula is C13H13F2NO. The third-order valence-electron chi connectivity index (χ3n) is 3.02. The van der Waals surface area contributed by atoms with Gasteiger partial charge in [0.15, 0.2) is 0 Å². The first-order valence-corrected chi connectivity index (χ1v) is 5.48. The number of alkyl halides is 2. The van der Waals surface area contributed by atoms with Crippen LogP contribution in [0, 0.1) is 0 Å². The summed E-state index contributed by atoms with van der Waals surface area (Å²) in [4.78, 5) is 13.2. The smallest absolute Gasteiger partial charge is 0.259 e. The highest BCUT2D eigenvalue weighted by atomic mass is 19.3. The quantitative estimate of drug-likeness (QED) is 0.790. The second-order valence-corrected chi connectivity index (χ2v) is 3.98. The predicted molar refractivity (Wildman–Crippen MR) is 61.7 cm³/mol. The maximum atomic E-state index is 12.9. The molecule has 0 aliphatic carbocycles. The van der Waals surface area contributed by atoms with E-state index in [1.807, 2.05) is 0 Å². The minimum atomic E-state index is -2.56. The lowest BCUT2D eigenvalue weighted by atomic mass is 10.1. The van der Waals surface area contributed by atoms with Crippen LogP contribution in [-0.2, 0) is 0 Å². The van der Waals surface area contributed by atoms with Gasteiger partial charge in [0, 0.05) is 16.8 Å². The van der Waals surface area contributed by atoms with E-state index in [4.69, 9.17) is 0 Å². The highest BCUT2D eigenvalue weighted by molar-refractivity contribution is 6.09.